The van der Waals surface area contributed by atoms with Gasteiger partial charge < -0.3 is 20.1 Å². The number of guanidine groups is 1. The number of amides is 3. The molecule has 1 aromatic heterocycles. The fraction of sp³-hybridized carbons (Fsp3) is 0.172. The molecule has 41 heavy (non-hydrogen) atoms. The first-order chi connectivity index (χ1) is 20.0. The van der Waals surface area contributed by atoms with E-state index in [1.807, 2.05) is 11.0 Å². The van der Waals surface area contributed by atoms with Gasteiger partial charge in [-0.3, -0.25) is 34.6 Å². The van der Waals surface area contributed by atoms with Crippen molar-refractivity contribution < 1.29 is 23.9 Å². The van der Waals surface area contributed by atoms with Crippen LogP contribution >= 0.6 is 0 Å². The Morgan fingerprint density at radius 1 is 1.05 bits per heavy atom. The van der Waals surface area contributed by atoms with Crippen molar-refractivity contribution in [3.8, 4) is 11.5 Å². The maximum atomic E-state index is 12.8. The van der Waals surface area contributed by atoms with Crippen LogP contribution in [-0.2, 0) is 4.79 Å². The van der Waals surface area contributed by atoms with E-state index in [4.69, 9.17) is 14.5 Å². The fourth-order valence-corrected chi connectivity index (χ4v) is 4.30. The van der Waals surface area contributed by atoms with Crippen molar-refractivity contribution in [2.75, 3.05) is 38.7 Å². The lowest BCUT2D eigenvalue weighted by Crippen LogP contribution is -2.47. The van der Waals surface area contributed by atoms with E-state index in [9.17, 15) is 14.4 Å². The monoisotopic (exact) mass is 553 g/mol. The van der Waals surface area contributed by atoms with Crippen LogP contribution in [0.15, 0.2) is 83.6 Å². The van der Waals surface area contributed by atoms with Gasteiger partial charge in [0.25, 0.3) is 11.8 Å². The van der Waals surface area contributed by atoms with Gasteiger partial charge in [-0.25, -0.2) is 4.99 Å². The third kappa shape index (κ3) is 5.91. The number of amidine groups is 1. The molecule has 0 spiro atoms. The molecule has 0 radical (unpaired) electrons. The summed E-state index contributed by atoms with van der Waals surface area (Å²) in [7, 11) is 1.51. The molecule has 12 nitrogen and oxygen atoms in total. The number of nitrogens with zero attached hydrogens (tertiary/aromatic N) is 4. The van der Waals surface area contributed by atoms with Gasteiger partial charge in [-0.1, -0.05) is 6.58 Å². The number of hydrogen-bond acceptors (Lipinski definition) is 9. The summed E-state index contributed by atoms with van der Waals surface area (Å²) in [5.74, 6) is 0.867. The number of carbonyl (C=O) groups excluding carboxylic acids is 3. The lowest BCUT2D eigenvalue weighted by molar-refractivity contribution is -0.111. The molecule has 2 aromatic carbocycles. The standard InChI is InChI=1S/C29H27N7O5/c1-3-23(37)33-20-8-6-18(7-9-20)27(38)32-14-16-41-22-11-10-21-24(25(22)40-2)34-29(36-15-13-31-26(21)36)35-28(39)19-5-4-12-30-17-19/h3-12,17H,1,13-16H2,2H3,(H,32,38)(H,33,37)(H,34,35,39). The average Bonchev–Trinajstić information content (AvgIpc) is 3.50. The van der Waals surface area contributed by atoms with Gasteiger partial charge in [-0.2, -0.15) is 0 Å². The van der Waals surface area contributed by atoms with E-state index in [1.165, 1.54) is 19.4 Å². The van der Waals surface area contributed by atoms with Crippen molar-refractivity contribution >= 4 is 40.9 Å². The van der Waals surface area contributed by atoms with E-state index in [-0.39, 0.29) is 30.9 Å². The van der Waals surface area contributed by atoms with E-state index in [0.29, 0.717) is 58.9 Å². The van der Waals surface area contributed by atoms with Crippen molar-refractivity contribution in [3.63, 3.8) is 0 Å². The molecule has 0 saturated carbocycles. The lowest BCUT2D eigenvalue weighted by Gasteiger charge is -2.28. The molecule has 3 aromatic rings. The minimum atomic E-state index is -0.343. The second-order valence-electron chi connectivity index (χ2n) is 8.86. The highest BCUT2D eigenvalue weighted by Gasteiger charge is 2.33. The van der Waals surface area contributed by atoms with Gasteiger partial charge in [-0.05, 0) is 54.6 Å². The van der Waals surface area contributed by atoms with Gasteiger partial charge in [0.15, 0.2) is 11.5 Å². The van der Waals surface area contributed by atoms with Gasteiger partial charge in [0.1, 0.15) is 18.1 Å². The zero-order chi connectivity index (χ0) is 28.8. The van der Waals surface area contributed by atoms with E-state index < -0.39 is 0 Å². The maximum absolute atomic E-state index is 12.8. The Morgan fingerprint density at radius 3 is 2.61 bits per heavy atom. The molecule has 0 saturated heterocycles. The number of methoxy groups -OCH3 is 1. The molecule has 0 bridgehead atoms. The van der Waals surface area contributed by atoms with Crippen molar-refractivity contribution in [1.82, 2.24) is 20.5 Å². The number of carbonyl (C=O) groups is 3. The molecule has 3 amide bonds. The van der Waals surface area contributed by atoms with Gasteiger partial charge >= 0.3 is 0 Å². The third-order valence-electron chi connectivity index (χ3n) is 6.25. The van der Waals surface area contributed by atoms with Crippen LogP contribution in [0.4, 0.5) is 11.4 Å². The van der Waals surface area contributed by atoms with Crippen molar-refractivity contribution in [3.05, 3.63) is 90.3 Å². The SMILES string of the molecule is C=CC(=O)Nc1ccc(C(=O)NCCOc2ccc3c(c2OC)N=C(NC(=O)c2cccnc2)N2CCN=C32)cc1. The van der Waals surface area contributed by atoms with E-state index >= 15 is 0 Å². The van der Waals surface area contributed by atoms with Gasteiger partial charge in [-0.15, -0.1) is 0 Å². The largest absolute Gasteiger partial charge is 0.491 e. The molecular formula is C29H27N7O5. The first kappa shape index (κ1) is 27.1. The van der Waals surface area contributed by atoms with E-state index in [0.717, 1.165) is 5.56 Å². The summed E-state index contributed by atoms with van der Waals surface area (Å²) in [6.07, 6.45) is 4.25. The Labute approximate surface area is 235 Å². The highest BCUT2D eigenvalue weighted by molar-refractivity contribution is 6.20. The number of hydrogen-bond donors (Lipinski definition) is 3. The minimum absolute atomic E-state index is 0.162. The minimum Gasteiger partial charge on any atom is -0.491 e. The van der Waals surface area contributed by atoms with E-state index in [1.54, 1.807) is 48.7 Å². The molecule has 0 fully saturated rings. The molecule has 3 heterocycles. The lowest BCUT2D eigenvalue weighted by atomic mass is 10.1. The summed E-state index contributed by atoms with van der Waals surface area (Å²) >= 11 is 0. The summed E-state index contributed by atoms with van der Waals surface area (Å²) in [6, 6.07) is 13.5. The Hall–Kier alpha value is -5.52. The Bertz CT molecular complexity index is 1550. The molecule has 5 rings (SSSR count). The number of aliphatic imine (C=N–C) groups is 2. The highest BCUT2D eigenvalue weighted by atomic mass is 16.5. The normalized spacial score (nSPS) is 13.1. The summed E-state index contributed by atoms with van der Waals surface area (Å²) in [5.41, 5.74) is 2.64. The van der Waals surface area contributed by atoms with Crippen molar-refractivity contribution in [2.45, 2.75) is 0 Å². The fourth-order valence-electron chi connectivity index (χ4n) is 4.30. The second-order valence-corrected chi connectivity index (χ2v) is 8.86. The van der Waals surface area contributed by atoms with Crippen LogP contribution in [0.25, 0.3) is 0 Å². The number of ether oxygens (including phenoxy) is 2. The number of aromatic nitrogens is 1. The van der Waals surface area contributed by atoms with Gasteiger partial charge in [0.2, 0.25) is 11.9 Å². The molecule has 0 unspecified atom stereocenters. The summed E-state index contributed by atoms with van der Waals surface area (Å²) < 4.78 is 11.6. The highest BCUT2D eigenvalue weighted by Crippen LogP contribution is 2.43. The molecule has 208 valence electrons. The van der Waals surface area contributed by atoms with Crippen LogP contribution in [0.2, 0.25) is 0 Å². The summed E-state index contributed by atoms with van der Waals surface area (Å²) in [5, 5.41) is 8.29. The predicted molar refractivity (Wildman–Crippen MR) is 153 cm³/mol. The number of nitrogens with one attached hydrogen (secondary N) is 3. The Balaban J connectivity index is 1.26. The third-order valence-corrected chi connectivity index (χ3v) is 6.25. The zero-order valence-electron chi connectivity index (χ0n) is 22.2. The predicted octanol–water partition coefficient (Wildman–Crippen LogP) is 2.52. The van der Waals surface area contributed by atoms with Crippen LogP contribution < -0.4 is 25.4 Å². The van der Waals surface area contributed by atoms with Crippen molar-refractivity contribution in [1.29, 1.82) is 0 Å². The van der Waals surface area contributed by atoms with Crippen molar-refractivity contribution in [2.24, 2.45) is 9.98 Å². The molecule has 0 aliphatic carbocycles. The van der Waals surface area contributed by atoms with Crippen LogP contribution in [0.5, 0.6) is 11.5 Å². The Kier molecular flexibility index (Phi) is 8.00. The maximum Gasteiger partial charge on any atom is 0.259 e. The molecule has 0 atom stereocenters. The number of pyridine rings is 1. The summed E-state index contributed by atoms with van der Waals surface area (Å²) in [6.45, 7) is 4.93. The Morgan fingerprint density at radius 2 is 1.88 bits per heavy atom. The van der Waals surface area contributed by atoms with Gasteiger partial charge in [0, 0.05) is 35.8 Å². The molecule has 2 aliphatic rings. The van der Waals surface area contributed by atoms with Crippen LogP contribution in [0.3, 0.4) is 0 Å². The van der Waals surface area contributed by atoms with Crippen LogP contribution in [0, 0.1) is 0 Å². The number of benzene rings is 2. The molecular weight excluding hydrogens is 526 g/mol. The molecule has 3 N–H and O–H groups in total. The van der Waals surface area contributed by atoms with Gasteiger partial charge in [0.05, 0.1) is 25.8 Å². The van der Waals surface area contributed by atoms with Crippen LogP contribution in [0.1, 0.15) is 26.3 Å². The molecule has 12 heteroatoms. The number of anilines is 1. The summed E-state index contributed by atoms with van der Waals surface area (Å²) in [4.78, 5) is 51.9. The van der Waals surface area contributed by atoms with Crippen LogP contribution in [-0.4, -0.2) is 72.8 Å². The molecule has 2 aliphatic heterocycles. The second kappa shape index (κ2) is 12.1. The number of fused-ring (bicyclic) bond motifs is 3. The first-order valence-electron chi connectivity index (χ1n) is 12.8. The number of rotatable bonds is 9. The zero-order valence-corrected chi connectivity index (χ0v) is 22.2. The topological polar surface area (TPSA) is 147 Å². The quantitative estimate of drug-likeness (QED) is 0.273. The smallest absolute Gasteiger partial charge is 0.259 e. The first-order valence-corrected chi connectivity index (χ1v) is 12.8. The average molecular weight is 554 g/mol. The van der Waals surface area contributed by atoms with E-state index in [2.05, 4.69) is 32.5 Å².